The molecule has 248 valence electrons. The number of ether oxygens (including phenoxy) is 2. The first-order valence-corrected chi connectivity index (χ1v) is 16.0. The van der Waals surface area contributed by atoms with Gasteiger partial charge in [-0.15, -0.1) is 0 Å². The quantitative estimate of drug-likeness (QED) is 0.176. The van der Waals surface area contributed by atoms with E-state index in [0.717, 1.165) is 57.2 Å². The summed E-state index contributed by atoms with van der Waals surface area (Å²) in [6, 6.07) is 1.81. The van der Waals surface area contributed by atoms with Crippen LogP contribution in [0.5, 0.6) is 11.9 Å². The van der Waals surface area contributed by atoms with Crippen molar-refractivity contribution in [2.75, 3.05) is 57.1 Å². The van der Waals surface area contributed by atoms with Crippen LogP contribution < -0.4 is 25.4 Å². The zero-order valence-electron chi connectivity index (χ0n) is 25.3. The van der Waals surface area contributed by atoms with E-state index < -0.39 is 51.1 Å². The minimum atomic E-state index is -4.94. The summed E-state index contributed by atoms with van der Waals surface area (Å²) in [5.74, 6) is -0.856. The molecule has 4 aliphatic rings. The van der Waals surface area contributed by atoms with Gasteiger partial charge in [0, 0.05) is 30.8 Å². The SMILES string of the molecule is CNCCCN1c2nc(OC[C@@]34CCCN3C[C@H](F)C4)nc3c(F)c(-c4cc(N)cc(Cl)c4C(F)(F)F)nc(c23)OCC12CCC2. The molecular formula is C31H35ClF5N7O2. The lowest BCUT2D eigenvalue weighted by Crippen LogP contribution is -2.58. The minimum absolute atomic E-state index is 0.0846. The predicted octanol–water partition coefficient (Wildman–Crippen LogP) is 5.77. The van der Waals surface area contributed by atoms with Crippen molar-refractivity contribution in [2.24, 2.45) is 0 Å². The van der Waals surface area contributed by atoms with Crippen LogP contribution in [0.25, 0.3) is 22.2 Å². The molecule has 15 heteroatoms. The first kappa shape index (κ1) is 31.4. The van der Waals surface area contributed by atoms with Crippen LogP contribution >= 0.6 is 11.6 Å². The van der Waals surface area contributed by atoms with Crippen LogP contribution in [-0.2, 0) is 6.18 Å². The molecule has 0 bridgehead atoms. The third-order valence-corrected chi connectivity index (χ3v) is 10.3. The van der Waals surface area contributed by atoms with Crippen molar-refractivity contribution in [1.29, 1.82) is 0 Å². The summed E-state index contributed by atoms with van der Waals surface area (Å²) in [4.78, 5) is 17.7. The van der Waals surface area contributed by atoms with Crippen LogP contribution in [0.2, 0.25) is 5.02 Å². The van der Waals surface area contributed by atoms with Gasteiger partial charge in [0.2, 0.25) is 5.88 Å². The maximum atomic E-state index is 16.7. The fourth-order valence-corrected chi connectivity index (χ4v) is 7.99. The Balaban J connectivity index is 1.42. The van der Waals surface area contributed by atoms with Gasteiger partial charge in [0.1, 0.15) is 41.8 Å². The molecule has 2 saturated heterocycles. The number of pyridine rings is 1. The second kappa shape index (κ2) is 11.5. The van der Waals surface area contributed by atoms with E-state index in [1.807, 2.05) is 7.05 Å². The van der Waals surface area contributed by atoms with Crippen molar-refractivity contribution in [2.45, 2.75) is 68.4 Å². The molecule has 2 aromatic heterocycles. The van der Waals surface area contributed by atoms with E-state index in [2.05, 4.69) is 25.1 Å². The normalized spacial score (nSPS) is 23.8. The van der Waals surface area contributed by atoms with Crippen molar-refractivity contribution in [3.05, 3.63) is 28.5 Å². The molecule has 9 nitrogen and oxygen atoms in total. The average Bonchev–Trinajstić information content (AvgIpc) is 3.44. The van der Waals surface area contributed by atoms with E-state index in [-0.39, 0.29) is 41.7 Å². The molecule has 0 amide bonds. The van der Waals surface area contributed by atoms with Crippen LogP contribution in [0.3, 0.4) is 0 Å². The number of hydrogen-bond acceptors (Lipinski definition) is 9. The standard InChI is InChI=1S/C31H35ClF5N7O2/c1-39-8-4-10-44-26-21-25(41-28(42-26)46-16-30-7-3-9-43(30)14-17(33)13-30)23(34)24(40-27(21)45-15-29(44)5-2-6-29)19-11-18(38)12-20(32)22(19)31(35,36)37/h11-12,17,39H,2-10,13-16,38H2,1H3/t17-,30+/m1/s1. The second-order valence-corrected chi connectivity index (χ2v) is 13.3. The number of alkyl halides is 4. The van der Waals surface area contributed by atoms with Crippen LogP contribution in [0.15, 0.2) is 12.1 Å². The molecule has 3 aliphatic heterocycles. The number of nitrogens with two attached hydrogens (primary N) is 1. The fourth-order valence-electron chi connectivity index (χ4n) is 7.66. The Labute approximate surface area is 267 Å². The van der Waals surface area contributed by atoms with E-state index in [9.17, 15) is 17.6 Å². The number of nitrogens with zero attached hydrogens (tertiary/aromatic N) is 5. The van der Waals surface area contributed by atoms with Crippen LogP contribution in [0.1, 0.15) is 50.5 Å². The Bertz CT molecular complexity index is 1670. The predicted molar refractivity (Wildman–Crippen MR) is 164 cm³/mol. The zero-order chi connectivity index (χ0) is 32.4. The maximum absolute atomic E-state index is 16.7. The van der Waals surface area contributed by atoms with Crippen molar-refractivity contribution in [1.82, 2.24) is 25.2 Å². The summed E-state index contributed by atoms with van der Waals surface area (Å²) in [5.41, 5.74) is 1.95. The van der Waals surface area contributed by atoms with E-state index >= 15 is 4.39 Å². The number of nitrogens with one attached hydrogen (secondary N) is 1. The highest BCUT2D eigenvalue weighted by Gasteiger charge is 2.50. The van der Waals surface area contributed by atoms with Gasteiger partial charge in [-0.1, -0.05) is 11.6 Å². The molecule has 1 aromatic carbocycles. The molecule has 46 heavy (non-hydrogen) atoms. The molecule has 2 atom stereocenters. The molecule has 3 N–H and O–H groups in total. The molecule has 3 aromatic rings. The molecule has 0 unspecified atom stereocenters. The lowest BCUT2D eigenvalue weighted by Gasteiger charge is -2.49. The summed E-state index contributed by atoms with van der Waals surface area (Å²) >= 11 is 6.03. The molecule has 3 fully saturated rings. The van der Waals surface area contributed by atoms with Gasteiger partial charge in [0.05, 0.1) is 21.7 Å². The number of fused-ring (bicyclic) bond motifs is 1. The van der Waals surface area contributed by atoms with Gasteiger partial charge >= 0.3 is 12.2 Å². The largest absolute Gasteiger partial charge is 0.475 e. The molecule has 1 aliphatic carbocycles. The van der Waals surface area contributed by atoms with E-state index in [4.69, 9.17) is 31.8 Å². The number of nitrogen functional groups attached to an aromatic ring is 1. The Morgan fingerprint density at radius 3 is 2.70 bits per heavy atom. The van der Waals surface area contributed by atoms with Gasteiger partial charge in [0.25, 0.3) is 0 Å². The summed E-state index contributed by atoms with van der Waals surface area (Å²) in [6.45, 7) is 2.60. The maximum Gasteiger partial charge on any atom is 0.418 e. The Hall–Kier alpha value is -3.23. The molecule has 0 radical (unpaired) electrons. The Kier molecular flexibility index (Phi) is 7.83. The first-order valence-electron chi connectivity index (χ1n) is 15.6. The number of benzene rings is 1. The Morgan fingerprint density at radius 2 is 1.98 bits per heavy atom. The summed E-state index contributed by atoms with van der Waals surface area (Å²) in [7, 11) is 1.85. The lowest BCUT2D eigenvalue weighted by molar-refractivity contribution is -0.137. The summed E-state index contributed by atoms with van der Waals surface area (Å²) in [6.07, 6.45) is -0.754. The van der Waals surface area contributed by atoms with Gasteiger partial charge in [0.15, 0.2) is 5.82 Å². The Morgan fingerprint density at radius 1 is 1.17 bits per heavy atom. The molecule has 7 rings (SSSR count). The number of anilines is 2. The third-order valence-electron chi connectivity index (χ3n) is 9.99. The van der Waals surface area contributed by atoms with Gasteiger partial charge in [-0.3, -0.25) is 4.90 Å². The van der Waals surface area contributed by atoms with Crippen LogP contribution in [0, 0.1) is 5.82 Å². The van der Waals surface area contributed by atoms with Crippen molar-refractivity contribution < 1.29 is 31.4 Å². The molecule has 1 spiro atoms. The van der Waals surface area contributed by atoms with Crippen LogP contribution in [-0.4, -0.2) is 83.5 Å². The highest BCUT2D eigenvalue weighted by Crippen LogP contribution is 2.50. The molecule has 5 heterocycles. The van der Waals surface area contributed by atoms with E-state index in [1.54, 1.807) is 0 Å². The van der Waals surface area contributed by atoms with E-state index in [0.29, 0.717) is 31.9 Å². The topological polar surface area (TPSA) is 102 Å². The lowest BCUT2D eigenvalue weighted by atomic mass is 9.75. The smallest absolute Gasteiger partial charge is 0.418 e. The van der Waals surface area contributed by atoms with Crippen molar-refractivity contribution >= 4 is 34.0 Å². The first-order chi connectivity index (χ1) is 21.9. The number of halogens is 6. The van der Waals surface area contributed by atoms with Crippen LogP contribution in [0.4, 0.5) is 33.5 Å². The van der Waals surface area contributed by atoms with Gasteiger partial charge in [-0.25, -0.2) is 13.8 Å². The highest BCUT2D eigenvalue weighted by molar-refractivity contribution is 6.32. The third kappa shape index (κ3) is 5.16. The average molecular weight is 668 g/mol. The summed E-state index contributed by atoms with van der Waals surface area (Å²) in [5, 5.41) is 2.61. The minimum Gasteiger partial charge on any atom is -0.475 e. The number of rotatable bonds is 8. The molecule has 1 saturated carbocycles. The van der Waals surface area contributed by atoms with E-state index in [1.165, 1.54) is 0 Å². The zero-order valence-corrected chi connectivity index (χ0v) is 26.1. The second-order valence-electron chi connectivity index (χ2n) is 12.9. The van der Waals surface area contributed by atoms with Crippen molar-refractivity contribution in [3.63, 3.8) is 0 Å². The monoisotopic (exact) mass is 667 g/mol. The van der Waals surface area contributed by atoms with Gasteiger partial charge < -0.3 is 25.4 Å². The fraction of sp³-hybridized carbons (Fsp3) is 0.581. The number of aromatic nitrogens is 3. The summed E-state index contributed by atoms with van der Waals surface area (Å²) < 4.78 is 86.5. The van der Waals surface area contributed by atoms with Crippen molar-refractivity contribution in [3.8, 4) is 23.1 Å². The molecular weight excluding hydrogens is 633 g/mol. The highest BCUT2D eigenvalue weighted by atomic mass is 35.5. The van der Waals surface area contributed by atoms with Gasteiger partial charge in [-0.05, 0) is 70.8 Å². The number of hydrogen-bond donors (Lipinski definition) is 2. The van der Waals surface area contributed by atoms with Gasteiger partial charge in [-0.2, -0.15) is 23.1 Å².